The van der Waals surface area contributed by atoms with E-state index in [0.717, 1.165) is 29.8 Å². The van der Waals surface area contributed by atoms with Gasteiger partial charge in [0.25, 0.3) is 0 Å². The number of nitrogens with zero attached hydrogens (tertiary/aromatic N) is 2. The van der Waals surface area contributed by atoms with Crippen LogP contribution in [0.15, 0.2) is 59.7 Å². The highest BCUT2D eigenvalue weighted by Crippen LogP contribution is 2.19. The van der Waals surface area contributed by atoms with Gasteiger partial charge in [-0.2, -0.15) is 0 Å². The first kappa shape index (κ1) is 20.2. The van der Waals surface area contributed by atoms with Gasteiger partial charge >= 0.3 is 0 Å². The molecule has 0 amide bonds. The molecule has 0 radical (unpaired) electrons. The fraction of sp³-hybridized carbons (Fsp3) is 0.250. The Kier molecular flexibility index (Phi) is 7.44. The van der Waals surface area contributed by atoms with Gasteiger partial charge in [0.1, 0.15) is 5.82 Å². The van der Waals surface area contributed by atoms with Gasteiger partial charge in [-0.1, -0.05) is 30.3 Å². The Morgan fingerprint density at radius 2 is 1.92 bits per heavy atom. The summed E-state index contributed by atoms with van der Waals surface area (Å²) >= 11 is 0. The minimum atomic E-state index is -0.220. The molecule has 3 rings (SSSR count). The predicted octanol–water partition coefficient (Wildman–Crippen LogP) is 4.17. The van der Waals surface area contributed by atoms with E-state index in [-0.39, 0.29) is 29.8 Å². The molecule has 2 aromatic carbocycles. The number of rotatable bonds is 5. The van der Waals surface area contributed by atoms with E-state index < -0.39 is 0 Å². The lowest BCUT2D eigenvalue weighted by atomic mass is 10.1. The molecule has 0 spiro atoms. The molecule has 1 aromatic heterocycles. The largest absolute Gasteiger partial charge is 0.361 e. The van der Waals surface area contributed by atoms with Crippen molar-refractivity contribution in [3.8, 4) is 0 Å². The maximum absolute atomic E-state index is 13.3. The minimum absolute atomic E-state index is 0. The fourth-order valence-corrected chi connectivity index (χ4v) is 2.78. The van der Waals surface area contributed by atoms with Gasteiger partial charge < -0.3 is 15.2 Å². The maximum atomic E-state index is 13.3. The number of fused-ring (bicyclic) bond motifs is 1. The molecule has 0 aliphatic heterocycles. The Bertz CT molecular complexity index is 859. The quantitative estimate of drug-likeness (QED) is 0.337. The first-order chi connectivity index (χ1) is 12.1. The van der Waals surface area contributed by atoms with Crippen molar-refractivity contribution in [1.82, 2.24) is 15.2 Å². The smallest absolute Gasteiger partial charge is 0.193 e. The molecule has 26 heavy (non-hydrogen) atoms. The number of aromatic amines is 1. The number of H-pyrrole nitrogens is 1. The number of nitrogens with one attached hydrogen (secondary N) is 2. The van der Waals surface area contributed by atoms with E-state index in [2.05, 4.69) is 27.4 Å². The summed E-state index contributed by atoms with van der Waals surface area (Å²) in [6.45, 7) is 1.41. The molecule has 0 fully saturated rings. The van der Waals surface area contributed by atoms with E-state index in [9.17, 15) is 4.39 Å². The Balaban J connectivity index is 0.00000243. The summed E-state index contributed by atoms with van der Waals surface area (Å²) in [5.74, 6) is 0.636. The Labute approximate surface area is 170 Å². The molecule has 0 bridgehead atoms. The molecule has 0 unspecified atom stereocenters. The first-order valence-corrected chi connectivity index (χ1v) is 8.38. The van der Waals surface area contributed by atoms with Crippen molar-refractivity contribution in [1.29, 1.82) is 0 Å². The number of aliphatic imine (C=N–C) groups is 1. The molecule has 138 valence electrons. The lowest BCUT2D eigenvalue weighted by molar-refractivity contribution is 0.579. The second-order valence-electron chi connectivity index (χ2n) is 6.20. The number of guanidine groups is 1. The number of benzene rings is 2. The SMILES string of the molecule is CN(C)C(=NCc1ccccc1)NCCc1c[nH]c2cc(F)ccc12.I. The van der Waals surface area contributed by atoms with Crippen LogP contribution in [-0.2, 0) is 13.0 Å². The lowest BCUT2D eigenvalue weighted by Crippen LogP contribution is -2.37. The highest BCUT2D eigenvalue weighted by molar-refractivity contribution is 14.0. The van der Waals surface area contributed by atoms with Gasteiger partial charge in [0.15, 0.2) is 5.96 Å². The van der Waals surface area contributed by atoms with Gasteiger partial charge in [0.05, 0.1) is 6.54 Å². The molecule has 0 saturated heterocycles. The molecule has 3 aromatic rings. The molecular weight excluding hydrogens is 442 g/mol. The van der Waals surface area contributed by atoms with Crippen molar-refractivity contribution < 1.29 is 4.39 Å². The zero-order valence-corrected chi connectivity index (χ0v) is 17.3. The minimum Gasteiger partial charge on any atom is -0.361 e. The number of halogens is 2. The van der Waals surface area contributed by atoms with E-state index in [1.807, 2.05) is 49.5 Å². The maximum Gasteiger partial charge on any atom is 0.193 e. The first-order valence-electron chi connectivity index (χ1n) is 8.38. The van der Waals surface area contributed by atoms with Crippen molar-refractivity contribution in [3.63, 3.8) is 0 Å². The fourth-order valence-electron chi connectivity index (χ4n) is 2.78. The molecule has 0 atom stereocenters. The molecule has 4 nitrogen and oxygen atoms in total. The van der Waals surface area contributed by atoms with Gasteiger partial charge in [0.2, 0.25) is 0 Å². The summed E-state index contributed by atoms with van der Waals surface area (Å²) in [5, 5.41) is 4.46. The second-order valence-corrected chi connectivity index (χ2v) is 6.20. The highest BCUT2D eigenvalue weighted by atomic mass is 127. The van der Waals surface area contributed by atoms with Crippen LogP contribution in [0.5, 0.6) is 0 Å². The number of hydrogen-bond donors (Lipinski definition) is 2. The third-order valence-electron chi connectivity index (χ3n) is 4.08. The lowest BCUT2D eigenvalue weighted by Gasteiger charge is -2.17. The van der Waals surface area contributed by atoms with Gasteiger partial charge in [-0.3, -0.25) is 0 Å². The van der Waals surface area contributed by atoms with Gasteiger partial charge in [-0.05, 0) is 35.7 Å². The average molecular weight is 466 g/mol. The zero-order chi connectivity index (χ0) is 17.6. The summed E-state index contributed by atoms with van der Waals surface area (Å²) in [7, 11) is 3.95. The van der Waals surface area contributed by atoms with Crippen LogP contribution in [0.2, 0.25) is 0 Å². The molecule has 0 aliphatic rings. The molecule has 2 N–H and O–H groups in total. The number of hydrogen-bond acceptors (Lipinski definition) is 1. The van der Waals surface area contributed by atoms with Crippen LogP contribution in [-0.4, -0.2) is 36.5 Å². The van der Waals surface area contributed by atoms with Gasteiger partial charge in [0, 0.05) is 37.7 Å². The normalized spacial score (nSPS) is 11.3. The number of aromatic nitrogens is 1. The van der Waals surface area contributed by atoms with Crippen molar-refractivity contribution in [2.45, 2.75) is 13.0 Å². The highest BCUT2D eigenvalue weighted by Gasteiger charge is 2.06. The van der Waals surface area contributed by atoms with Crippen LogP contribution in [0.1, 0.15) is 11.1 Å². The molecular formula is C20H24FIN4. The van der Waals surface area contributed by atoms with Crippen molar-refractivity contribution in [3.05, 3.63) is 71.7 Å². The van der Waals surface area contributed by atoms with Crippen LogP contribution < -0.4 is 5.32 Å². The Hall–Kier alpha value is -2.09. The third kappa shape index (κ3) is 5.20. The molecule has 6 heteroatoms. The van der Waals surface area contributed by atoms with E-state index in [1.165, 1.54) is 23.3 Å². The van der Waals surface area contributed by atoms with Crippen LogP contribution in [0.25, 0.3) is 10.9 Å². The van der Waals surface area contributed by atoms with E-state index in [0.29, 0.717) is 6.54 Å². The van der Waals surface area contributed by atoms with Crippen LogP contribution in [0.4, 0.5) is 4.39 Å². The average Bonchev–Trinajstić information content (AvgIpc) is 3.00. The van der Waals surface area contributed by atoms with E-state index in [4.69, 9.17) is 0 Å². The van der Waals surface area contributed by atoms with Gasteiger partial charge in [-0.25, -0.2) is 9.38 Å². The van der Waals surface area contributed by atoms with Gasteiger partial charge in [-0.15, -0.1) is 24.0 Å². The summed E-state index contributed by atoms with van der Waals surface area (Å²) in [6, 6.07) is 15.0. The van der Waals surface area contributed by atoms with E-state index >= 15 is 0 Å². The summed E-state index contributed by atoms with van der Waals surface area (Å²) in [6.07, 6.45) is 2.78. The molecule has 0 aliphatic carbocycles. The molecule has 1 heterocycles. The van der Waals surface area contributed by atoms with Crippen LogP contribution in [0, 0.1) is 5.82 Å². The van der Waals surface area contributed by atoms with Crippen LogP contribution >= 0.6 is 24.0 Å². The summed E-state index contributed by atoms with van der Waals surface area (Å²) < 4.78 is 13.3. The third-order valence-corrected chi connectivity index (χ3v) is 4.08. The standard InChI is InChI=1S/C20H23FN4.HI/c1-25(2)20(24-13-15-6-4-3-5-7-15)22-11-10-16-14-23-19-12-17(21)8-9-18(16)19;/h3-9,12,14,23H,10-11,13H2,1-2H3,(H,22,24);1H. The topological polar surface area (TPSA) is 43.4 Å². The van der Waals surface area contributed by atoms with Crippen molar-refractivity contribution >= 4 is 40.8 Å². The summed E-state index contributed by atoms with van der Waals surface area (Å²) in [5.41, 5.74) is 3.19. The molecule has 0 saturated carbocycles. The second kappa shape index (κ2) is 9.56. The predicted molar refractivity (Wildman–Crippen MR) is 117 cm³/mol. The van der Waals surface area contributed by atoms with Crippen LogP contribution in [0.3, 0.4) is 0 Å². The van der Waals surface area contributed by atoms with E-state index in [1.54, 1.807) is 0 Å². The zero-order valence-electron chi connectivity index (χ0n) is 15.0. The van der Waals surface area contributed by atoms with Crippen molar-refractivity contribution in [2.75, 3.05) is 20.6 Å². The summed E-state index contributed by atoms with van der Waals surface area (Å²) in [4.78, 5) is 9.77. The van der Waals surface area contributed by atoms with Crippen molar-refractivity contribution in [2.24, 2.45) is 4.99 Å². The Morgan fingerprint density at radius 3 is 2.65 bits per heavy atom. The Morgan fingerprint density at radius 1 is 1.15 bits per heavy atom. The monoisotopic (exact) mass is 466 g/mol.